The van der Waals surface area contributed by atoms with Gasteiger partial charge in [-0.05, 0) is 105 Å². The zero-order valence-electron chi connectivity index (χ0n) is 20.0. The van der Waals surface area contributed by atoms with Crippen molar-refractivity contribution in [2.45, 2.75) is 83.8 Å². The van der Waals surface area contributed by atoms with Gasteiger partial charge in [0.1, 0.15) is 5.10 Å². The number of rotatable bonds is 5. The minimum atomic E-state index is -0.572. The number of aryl methyl sites for hydroxylation is 1. The highest BCUT2D eigenvalue weighted by molar-refractivity contribution is 5.07. The summed E-state index contributed by atoms with van der Waals surface area (Å²) < 4.78 is 7.37. The number of ether oxygens (including phenoxy) is 1. The SMILES string of the molecule is COC[C@@]1(O)CC[C@H]2[C@H](CC[C@@H]3[C@@H]2CC[C@]2(C)[C@@H]([C@@H](C)Cn4nnc[n+]4C)CC[C@@H]32)C1. The Balaban J connectivity index is 1.29. The molecule has 0 radical (unpaired) electrons. The van der Waals surface area contributed by atoms with Gasteiger partial charge >= 0.3 is 0 Å². The minimum absolute atomic E-state index is 0.484. The Morgan fingerprint density at radius 2 is 1.94 bits per heavy atom. The summed E-state index contributed by atoms with van der Waals surface area (Å²) in [6.07, 6.45) is 13.2. The number of nitrogens with zero attached hydrogens (tertiary/aromatic N) is 4. The summed E-state index contributed by atoms with van der Waals surface area (Å²) in [6.45, 7) is 6.56. The molecule has 6 nitrogen and oxygen atoms in total. The van der Waals surface area contributed by atoms with Gasteiger partial charge in [-0.15, -0.1) is 0 Å². The molecule has 0 aliphatic heterocycles. The van der Waals surface area contributed by atoms with Gasteiger partial charge in [-0.25, -0.2) is 0 Å². The average molecular weight is 432 g/mol. The molecule has 0 spiro atoms. The van der Waals surface area contributed by atoms with Crippen molar-refractivity contribution in [3.63, 3.8) is 0 Å². The third-order valence-corrected chi connectivity index (χ3v) is 10.5. The molecule has 4 fully saturated rings. The van der Waals surface area contributed by atoms with Crippen molar-refractivity contribution in [3.8, 4) is 0 Å². The van der Waals surface area contributed by atoms with Crippen LogP contribution in [-0.2, 0) is 18.3 Å². The van der Waals surface area contributed by atoms with Crippen molar-refractivity contribution >= 4 is 0 Å². The van der Waals surface area contributed by atoms with Gasteiger partial charge in [0.15, 0.2) is 5.21 Å². The van der Waals surface area contributed by atoms with Crippen LogP contribution in [0.2, 0.25) is 0 Å². The standard InChI is InChI=1S/C25H43N4O2/c1-17(14-29-27-26-16-28(29)3)22-7-8-23-21-6-5-18-13-25(30,15-31-4)12-10-19(18)20(21)9-11-24(22,23)2/h16-23,30H,5-15H2,1-4H3/q+1/t17-,18+,19-,20+,21+,22+,23-,24+,25+/m0/s1. The van der Waals surface area contributed by atoms with Crippen LogP contribution >= 0.6 is 0 Å². The van der Waals surface area contributed by atoms with E-state index in [1.165, 1.54) is 44.9 Å². The topological polar surface area (TPSA) is 64.0 Å². The lowest BCUT2D eigenvalue weighted by atomic mass is 9.48. The Morgan fingerprint density at radius 1 is 1.13 bits per heavy atom. The molecule has 0 bridgehead atoms. The first kappa shape index (κ1) is 21.8. The van der Waals surface area contributed by atoms with Crippen molar-refractivity contribution in [1.29, 1.82) is 0 Å². The number of aromatic nitrogens is 4. The predicted octanol–water partition coefficient (Wildman–Crippen LogP) is 3.39. The Bertz CT molecular complexity index is 783. The van der Waals surface area contributed by atoms with Gasteiger partial charge in [0.25, 0.3) is 6.33 Å². The lowest BCUT2D eigenvalue weighted by molar-refractivity contribution is -0.759. The van der Waals surface area contributed by atoms with Crippen LogP contribution in [0.3, 0.4) is 0 Å². The average Bonchev–Trinajstić information content (AvgIpc) is 3.30. The van der Waals surface area contributed by atoms with Crippen LogP contribution in [0.25, 0.3) is 0 Å². The number of methoxy groups -OCH3 is 1. The highest BCUT2D eigenvalue weighted by atomic mass is 16.5. The zero-order chi connectivity index (χ0) is 21.8. The fourth-order valence-electron chi connectivity index (χ4n) is 9.17. The van der Waals surface area contributed by atoms with E-state index in [2.05, 4.69) is 24.2 Å². The summed E-state index contributed by atoms with van der Waals surface area (Å²) >= 11 is 0. The summed E-state index contributed by atoms with van der Waals surface area (Å²) in [7, 11) is 3.76. The summed E-state index contributed by atoms with van der Waals surface area (Å²) in [5.41, 5.74) is -0.0879. The van der Waals surface area contributed by atoms with E-state index < -0.39 is 5.60 Å². The molecular formula is C25H43N4O2+. The molecule has 0 amide bonds. The Hall–Kier alpha value is -1.01. The number of tetrazole rings is 1. The molecule has 1 N–H and O–H groups in total. The molecule has 4 aliphatic carbocycles. The second-order valence-electron chi connectivity index (χ2n) is 12.0. The maximum atomic E-state index is 11.0. The van der Waals surface area contributed by atoms with Crippen LogP contribution in [0.1, 0.15) is 71.6 Å². The highest BCUT2D eigenvalue weighted by Crippen LogP contribution is 2.65. The number of fused-ring (bicyclic) bond motifs is 5. The maximum Gasteiger partial charge on any atom is 0.288 e. The molecule has 0 saturated heterocycles. The van der Waals surface area contributed by atoms with Crippen LogP contribution in [-0.4, -0.2) is 39.5 Å². The predicted molar refractivity (Wildman–Crippen MR) is 118 cm³/mol. The van der Waals surface area contributed by atoms with Gasteiger partial charge in [-0.2, -0.15) is 4.68 Å². The molecule has 174 valence electrons. The minimum Gasteiger partial charge on any atom is -0.387 e. The highest BCUT2D eigenvalue weighted by Gasteiger charge is 2.58. The molecule has 31 heavy (non-hydrogen) atoms. The van der Waals surface area contributed by atoms with Gasteiger partial charge in [0, 0.05) is 7.11 Å². The van der Waals surface area contributed by atoms with E-state index in [9.17, 15) is 5.11 Å². The number of hydrogen-bond acceptors (Lipinski definition) is 4. The Kier molecular flexibility index (Phi) is 5.69. The van der Waals surface area contributed by atoms with Crippen molar-refractivity contribution in [3.05, 3.63) is 6.33 Å². The van der Waals surface area contributed by atoms with Gasteiger partial charge in [0.05, 0.1) is 25.8 Å². The fraction of sp³-hybridized carbons (Fsp3) is 0.960. The van der Waals surface area contributed by atoms with E-state index in [0.29, 0.717) is 23.9 Å². The number of aliphatic hydroxyl groups is 1. The van der Waals surface area contributed by atoms with E-state index in [1.54, 1.807) is 13.4 Å². The van der Waals surface area contributed by atoms with E-state index in [0.717, 1.165) is 49.0 Å². The lowest BCUT2D eigenvalue weighted by Crippen LogP contribution is -2.52. The van der Waals surface area contributed by atoms with Gasteiger partial charge in [0.2, 0.25) is 0 Å². The van der Waals surface area contributed by atoms with Crippen molar-refractivity contribution in [2.24, 2.45) is 53.9 Å². The third-order valence-electron chi connectivity index (χ3n) is 10.5. The third kappa shape index (κ3) is 3.66. The van der Waals surface area contributed by atoms with E-state index in [-0.39, 0.29) is 0 Å². The normalized spacial score (nSPS) is 45.6. The first-order valence-corrected chi connectivity index (χ1v) is 12.8. The van der Waals surface area contributed by atoms with E-state index in [1.807, 2.05) is 16.5 Å². The Labute approximate surface area is 187 Å². The molecule has 1 heterocycles. The smallest absolute Gasteiger partial charge is 0.288 e. The molecule has 6 heteroatoms. The van der Waals surface area contributed by atoms with Crippen LogP contribution in [0, 0.1) is 46.8 Å². The second kappa shape index (κ2) is 8.09. The van der Waals surface area contributed by atoms with Crippen LogP contribution in [0.15, 0.2) is 6.33 Å². The molecule has 9 atom stereocenters. The number of hydrogen-bond donors (Lipinski definition) is 1. The van der Waals surface area contributed by atoms with Gasteiger partial charge in [-0.3, -0.25) is 0 Å². The van der Waals surface area contributed by atoms with E-state index >= 15 is 0 Å². The molecule has 1 aromatic heterocycles. The molecule has 5 rings (SSSR count). The quantitative estimate of drug-likeness (QED) is 0.726. The van der Waals surface area contributed by atoms with Crippen molar-refractivity contribution in [1.82, 2.24) is 15.1 Å². The molecule has 4 saturated carbocycles. The van der Waals surface area contributed by atoms with Gasteiger partial charge in [-0.1, -0.05) is 18.6 Å². The summed E-state index contributed by atoms with van der Waals surface area (Å²) in [5.74, 6) is 5.67. The zero-order valence-corrected chi connectivity index (χ0v) is 20.0. The summed E-state index contributed by atoms with van der Waals surface area (Å²) in [4.78, 5) is 2.03. The molecule has 0 unspecified atom stereocenters. The Morgan fingerprint density at radius 3 is 2.68 bits per heavy atom. The maximum absolute atomic E-state index is 11.0. The van der Waals surface area contributed by atoms with E-state index in [4.69, 9.17) is 4.74 Å². The molecular weight excluding hydrogens is 388 g/mol. The summed E-state index contributed by atoms with van der Waals surface area (Å²) in [6, 6.07) is 0. The molecule has 4 aliphatic rings. The fourth-order valence-corrected chi connectivity index (χ4v) is 9.17. The lowest BCUT2D eigenvalue weighted by Gasteiger charge is -2.57. The first-order chi connectivity index (χ1) is 14.8. The van der Waals surface area contributed by atoms with Crippen molar-refractivity contribution < 1.29 is 14.5 Å². The van der Waals surface area contributed by atoms with Gasteiger partial charge < -0.3 is 9.84 Å². The van der Waals surface area contributed by atoms with Crippen LogP contribution in [0.5, 0.6) is 0 Å². The van der Waals surface area contributed by atoms with Crippen LogP contribution < -0.4 is 4.68 Å². The monoisotopic (exact) mass is 431 g/mol. The molecule has 1 aromatic rings. The van der Waals surface area contributed by atoms with Crippen molar-refractivity contribution in [2.75, 3.05) is 13.7 Å². The molecule has 0 aromatic carbocycles. The summed E-state index contributed by atoms with van der Waals surface area (Å²) in [5, 5.41) is 19.3. The van der Waals surface area contributed by atoms with Crippen LogP contribution in [0.4, 0.5) is 0 Å². The second-order valence-corrected chi connectivity index (χ2v) is 12.0. The largest absolute Gasteiger partial charge is 0.387 e. The first-order valence-electron chi connectivity index (χ1n) is 12.8.